The Morgan fingerprint density at radius 2 is 2.18 bits per heavy atom. The number of ether oxygens (including phenoxy) is 2. The van der Waals surface area contributed by atoms with E-state index in [0.29, 0.717) is 23.6 Å². The molecule has 3 rings (SSSR count). The van der Waals surface area contributed by atoms with Crippen molar-refractivity contribution >= 4 is 5.91 Å². The Hall–Kier alpha value is -2.50. The predicted molar refractivity (Wildman–Crippen MR) is 81.1 cm³/mol. The molecule has 1 amide bonds. The van der Waals surface area contributed by atoms with Crippen LogP contribution in [0.25, 0.3) is 0 Å². The molecule has 6 heteroatoms. The molecular formula is C16H19N3O3. The normalized spacial score (nSPS) is 12.5. The summed E-state index contributed by atoms with van der Waals surface area (Å²) >= 11 is 0. The first kappa shape index (κ1) is 14.4. The second-order valence-corrected chi connectivity index (χ2v) is 5.42. The Kier molecular flexibility index (Phi) is 4.00. The summed E-state index contributed by atoms with van der Waals surface area (Å²) < 4.78 is 12.4. The Balaban J connectivity index is 1.55. The van der Waals surface area contributed by atoms with Crippen LogP contribution in [-0.4, -0.2) is 41.0 Å². The summed E-state index contributed by atoms with van der Waals surface area (Å²) in [7, 11) is 3.72. The van der Waals surface area contributed by atoms with E-state index < -0.39 is 0 Å². The topological polar surface area (TPSA) is 56.6 Å². The van der Waals surface area contributed by atoms with Crippen LogP contribution in [0.15, 0.2) is 30.6 Å². The van der Waals surface area contributed by atoms with Gasteiger partial charge in [-0.25, -0.2) is 0 Å². The van der Waals surface area contributed by atoms with E-state index in [9.17, 15) is 4.79 Å². The third-order valence-corrected chi connectivity index (χ3v) is 3.68. The lowest BCUT2D eigenvalue weighted by Gasteiger charge is -2.17. The van der Waals surface area contributed by atoms with E-state index in [1.807, 2.05) is 26.5 Å². The van der Waals surface area contributed by atoms with E-state index in [2.05, 4.69) is 5.10 Å². The standard InChI is InChI=1S/C16H19N3O3/c1-18(7-3-4-12-9-17-19(2)10-12)16(20)13-5-6-14-15(8-13)22-11-21-14/h5-6,8-10H,3-4,7,11H2,1-2H3. The fraction of sp³-hybridized carbons (Fsp3) is 0.375. The Morgan fingerprint density at radius 3 is 2.95 bits per heavy atom. The summed E-state index contributed by atoms with van der Waals surface area (Å²) in [6, 6.07) is 5.29. The maximum Gasteiger partial charge on any atom is 0.253 e. The van der Waals surface area contributed by atoms with Gasteiger partial charge in [-0.3, -0.25) is 9.48 Å². The molecule has 0 radical (unpaired) electrons. The number of fused-ring (bicyclic) bond motifs is 1. The highest BCUT2D eigenvalue weighted by Crippen LogP contribution is 2.32. The van der Waals surface area contributed by atoms with Gasteiger partial charge < -0.3 is 14.4 Å². The molecule has 0 spiro atoms. The van der Waals surface area contributed by atoms with Gasteiger partial charge in [-0.05, 0) is 36.6 Å². The minimum Gasteiger partial charge on any atom is -0.454 e. The molecule has 0 aliphatic carbocycles. The highest BCUT2D eigenvalue weighted by molar-refractivity contribution is 5.94. The predicted octanol–water partition coefficient (Wildman–Crippen LogP) is 1.85. The second-order valence-electron chi connectivity index (χ2n) is 5.42. The molecule has 0 N–H and O–H groups in total. The van der Waals surface area contributed by atoms with Crippen molar-refractivity contribution in [2.75, 3.05) is 20.4 Å². The van der Waals surface area contributed by atoms with Crippen LogP contribution in [0.1, 0.15) is 22.3 Å². The van der Waals surface area contributed by atoms with E-state index in [1.54, 1.807) is 27.8 Å². The SMILES string of the molecule is CN(CCCc1cnn(C)c1)C(=O)c1ccc2c(c1)OCO2. The Morgan fingerprint density at radius 1 is 1.36 bits per heavy atom. The van der Waals surface area contributed by atoms with Crippen molar-refractivity contribution in [3.8, 4) is 11.5 Å². The zero-order chi connectivity index (χ0) is 15.5. The van der Waals surface area contributed by atoms with Crippen LogP contribution in [0.2, 0.25) is 0 Å². The molecule has 1 aliphatic rings. The molecule has 0 unspecified atom stereocenters. The third kappa shape index (κ3) is 3.05. The molecule has 1 aromatic carbocycles. The van der Waals surface area contributed by atoms with E-state index in [4.69, 9.17) is 9.47 Å². The van der Waals surface area contributed by atoms with Crippen LogP contribution >= 0.6 is 0 Å². The van der Waals surface area contributed by atoms with Gasteiger partial charge >= 0.3 is 0 Å². The van der Waals surface area contributed by atoms with Crippen molar-refractivity contribution in [3.05, 3.63) is 41.7 Å². The van der Waals surface area contributed by atoms with Crippen LogP contribution < -0.4 is 9.47 Å². The average Bonchev–Trinajstić information content (AvgIpc) is 3.14. The number of aromatic nitrogens is 2. The first-order valence-corrected chi connectivity index (χ1v) is 7.26. The van der Waals surface area contributed by atoms with Gasteiger partial charge in [-0.15, -0.1) is 0 Å². The average molecular weight is 301 g/mol. The van der Waals surface area contributed by atoms with Crippen LogP contribution in [0.3, 0.4) is 0 Å². The molecule has 1 aliphatic heterocycles. The number of rotatable bonds is 5. The van der Waals surface area contributed by atoms with Crippen LogP contribution in [0.4, 0.5) is 0 Å². The molecule has 0 fully saturated rings. The zero-order valence-electron chi connectivity index (χ0n) is 12.8. The quantitative estimate of drug-likeness (QED) is 0.846. The summed E-state index contributed by atoms with van der Waals surface area (Å²) in [5, 5.41) is 4.14. The van der Waals surface area contributed by atoms with Crippen molar-refractivity contribution in [2.45, 2.75) is 12.8 Å². The molecule has 2 heterocycles. The number of carbonyl (C=O) groups excluding carboxylic acids is 1. The number of aryl methyl sites for hydroxylation is 2. The van der Waals surface area contributed by atoms with Crippen LogP contribution in [0, 0.1) is 0 Å². The summed E-state index contributed by atoms with van der Waals surface area (Å²) in [6.07, 6.45) is 5.67. The monoisotopic (exact) mass is 301 g/mol. The fourth-order valence-electron chi connectivity index (χ4n) is 2.47. The van der Waals surface area contributed by atoms with Gasteiger partial charge in [0.2, 0.25) is 6.79 Å². The number of nitrogens with zero attached hydrogens (tertiary/aromatic N) is 3. The van der Waals surface area contributed by atoms with Crippen molar-refractivity contribution in [2.24, 2.45) is 7.05 Å². The maximum atomic E-state index is 12.4. The van der Waals surface area contributed by atoms with E-state index in [0.717, 1.165) is 12.8 Å². The van der Waals surface area contributed by atoms with Gasteiger partial charge in [0.25, 0.3) is 5.91 Å². The third-order valence-electron chi connectivity index (χ3n) is 3.68. The lowest BCUT2D eigenvalue weighted by Crippen LogP contribution is -2.28. The molecule has 116 valence electrons. The van der Waals surface area contributed by atoms with Crippen molar-refractivity contribution in [3.63, 3.8) is 0 Å². The minimum absolute atomic E-state index is 0.00973. The van der Waals surface area contributed by atoms with Gasteiger partial charge in [0, 0.05) is 32.4 Å². The number of carbonyl (C=O) groups is 1. The van der Waals surface area contributed by atoms with Crippen LogP contribution in [-0.2, 0) is 13.5 Å². The summed E-state index contributed by atoms with van der Waals surface area (Å²) in [6.45, 7) is 0.913. The van der Waals surface area contributed by atoms with Gasteiger partial charge in [-0.2, -0.15) is 5.10 Å². The van der Waals surface area contributed by atoms with Gasteiger partial charge in [-0.1, -0.05) is 0 Å². The van der Waals surface area contributed by atoms with E-state index >= 15 is 0 Å². The highest BCUT2D eigenvalue weighted by atomic mass is 16.7. The van der Waals surface area contributed by atoms with E-state index in [1.165, 1.54) is 5.56 Å². The Bertz CT molecular complexity index is 681. The summed E-state index contributed by atoms with van der Waals surface area (Å²) in [5.74, 6) is 1.31. The molecule has 1 aromatic heterocycles. The number of hydrogen-bond acceptors (Lipinski definition) is 4. The lowest BCUT2D eigenvalue weighted by atomic mass is 10.1. The fourth-order valence-corrected chi connectivity index (χ4v) is 2.47. The number of hydrogen-bond donors (Lipinski definition) is 0. The largest absolute Gasteiger partial charge is 0.454 e. The van der Waals surface area contributed by atoms with Gasteiger partial charge in [0.1, 0.15) is 0 Å². The molecule has 0 saturated carbocycles. The molecule has 22 heavy (non-hydrogen) atoms. The van der Waals surface area contributed by atoms with E-state index in [-0.39, 0.29) is 12.7 Å². The van der Waals surface area contributed by atoms with Crippen molar-refractivity contribution in [1.29, 1.82) is 0 Å². The summed E-state index contributed by atoms with van der Waals surface area (Å²) in [5.41, 5.74) is 1.81. The Labute approximate surface area is 129 Å². The van der Waals surface area contributed by atoms with Gasteiger partial charge in [0.05, 0.1) is 6.20 Å². The second kappa shape index (κ2) is 6.09. The molecule has 2 aromatic rings. The zero-order valence-corrected chi connectivity index (χ0v) is 12.8. The molecule has 0 atom stereocenters. The maximum absolute atomic E-state index is 12.4. The number of benzene rings is 1. The summed E-state index contributed by atoms with van der Waals surface area (Å²) in [4.78, 5) is 14.1. The molecular weight excluding hydrogens is 282 g/mol. The molecule has 0 bridgehead atoms. The minimum atomic E-state index is -0.00973. The lowest BCUT2D eigenvalue weighted by molar-refractivity contribution is 0.0793. The number of amides is 1. The smallest absolute Gasteiger partial charge is 0.253 e. The first-order chi connectivity index (χ1) is 10.6. The molecule has 0 saturated heterocycles. The molecule has 6 nitrogen and oxygen atoms in total. The first-order valence-electron chi connectivity index (χ1n) is 7.26. The van der Waals surface area contributed by atoms with Gasteiger partial charge in [0.15, 0.2) is 11.5 Å². The van der Waals surface area contributed by atoms with Crippen molar-refractivity contribution < 1.29 is 14.3 Å². The highest BCUT2D eigenvalue weighted by Gasteiger charge is 2.18. The van der Waals surface area contributed by atoms with Crippen LogP contribution in [0.5, 0.6) is 11.5 Å². The van der Waals surface area contributed by atoms with Crippen molar-refractivity contribution in [1.82, 2.24) is 14.7 Å².